The van der Waals surface area contributed by atoms with Crippen LogP contribution >= 0.6 is 12.2 Å². The number of methoxy groups -OCH3 is 1. The van der Waals surface area contributed by atoms with Gasteiger partial charge in [-0.15, -0.1) is 0 Å². The minimum Gasteiger partial charge on any atom is -0.504 e. The molecule has 0 saturated carbocycles. The third-order valence-electron chi connectivity index (χ3n) is 5.02. The number of phenolic OH excluding ortho intramolecular Hbond substituents is 1. The molecule has 3 rings (SSSR count). The van der Waals surface area contributed by atoms with Crippen LogP contribution in [0.5, 0.6) is 17.4 Å². The lowest BCUT2D eigenvalue weighted by Crippen LogP contribution is -2.24. The van der Waals surface area contributed by atoms with Crippen molar-refractivity contribution in [3.63, 3.8) is 0 Å². The van der Waals surface area contributed by atoms with Gasteiger partial charge >= 0.3 is 0 Å². The molecule has 1 atom stereocenters. The molecule has 1 amide bonds. The van der Waals surface area contributed by atoms with E-state index in [-0.39, 0.29) is 40.0 Å². The van der Waals surface area contributed by atoms with Crippen LogP contribution in [-0.2, 0) is 11.3 Å². The van der Waals surface area contributed by atoms with Crippen molar-refractivity contribution >= 4 is 23.8 Å². The van der Waals surface area contributed by atoms with Gasteiger partial charge in [0.05, 0.1) is 18.9 Å². The van der Waals surface area contributed by atoms with Gasteiger partial charge in [-0.05, 0) is 36.3 Å². The van der Waals surface area contributed by atoms with Crippen LogP contribution in [0.15, 0.2) is 28.1 Å². The molecule has 3 N–H and O–H groups in total. The molecular formula is C20H24N4O5S. The zero-order valence-electron chi connectivity index (χ0n) is 17.0. The van der Waals surface area contributed by atoms with Gasteiger partial charge in [-0.25, -0.2) is 5.01 Å². The van der Waals surface area contributed by atoms with Gasteiger partial charge in [-0.1, -0.05) is 19.4 Å². The predicted molar refractivity (Wildman–Crippen MR) is 114 cm³/mol. The number of benzene rings is 1. The molecule has 0 unspecified atom stereocenters. The van der Waals surface area contributed by atoms with E-state index in [2.05, 4.69) is 10.1 Å². The number of hydrogen-bond donors (Lipinski definition) is 3. The number of ether oxygens (including phenoxy) is 1. The number of aromatic amines is 1. The van der Waals surface area contributed by atoms with Crippen molar-refractivity contribution in [2.75, 3.05) is 7.11 Å². The largest absolute Gasteiger partial charge is 0.504 e. The van der Waals surface area contributed by atoms with Crippen molar-refractivity contribution in [3.05, 3.63) is 44.5 Å². The van der Waals surface area contributed by atoms with Gasteiger partial charge in [0.2, 0.25) is 11.8 Å². The van der Waals surface area contributed by atoms with E-state index in [9.17, 15) is 19.8 Å². The molecule has 0 spiro atoms. The summed E-state index contributed by atoms with van der Waals surface area (Å²) in [4.78, 5) is 27.4. The molecule has 10 heteroatoms. The fourth-order valence-electron chi connectivity index (χ4n) is 3.47. The summed E-state index contributed by atoms with van der Waals surface area (Å²) in [6.45, 7) is 3.82. The first-order valence-corrected chi connectivity index (χ1v) is 9.99. The van der Waals surface area contributed by atoms with Crippen molar-refractivity contribution in [1.82, 2.24) is 14.6 Å². The molecule has 2 aromatic rings. The number of carbonyl (C=O) groups is 1. The molecule has 0 radical (unpaired) electrons. The number of aromatic hydroxyl groups is 2. The number of nitrogens with zero attached hydrogens (tertiary/aromatic N) is 3. The van der Waals surface area contributed by atoms with E-state index in [0.29, 0.717) is 17.9 Å². The van der Waals surface area contributed by atoms with Crippen LogP contribution in [0, 0.1) is 4.77 Å². The third kappa shape index (κ3) is 3.95. The molecule has 30 heavy (non-hydrogen) atoms. The summed E-state index contributed by atoms with van der Waals surface area (Å²) < 4.78 is 6.66. The Labute approximate surface area is 178 Å². The Morgan fingerprint density at radius 3 is 2.73 bits per heavy atom. The van der Waals surface area contributed by atoms with Gasteiger partial charge in [0, 0.05) is 19.9 Å². The monoisotopic (exact) mass is 432 g/mol. The summed E-state index contributed by atoms with van der Waals surface area (Å²) in [5.74, 6) is -0.363. The second-order valence-corrected chi connectivity index (χ2v) is 7.41. The maximum absolute atomic E-state index is 12.6. The summed E-state index contributed by atoms with van der Waals surface area (Å²) >= 11 is 5.18. The van der Waals surface area contributed by atoms with Crippen LogP contribution < -0.4 is 10.3 Å². The summed E-state index contributed by atoms with van der Waals surface area (Å²) in [6.07, 6.45) is 1.84. The first-order valence-electron chi connectivity index (χ1n) is 9.59. The Hall–Kier alpha value is -3.14. The molecule has 1 aromatic carbocycles. The van der Waals surface area contributed by atoms with E-state index in [0.717, 1.165) is 12.8 Å². The molecule has 2 heterocycles. The van der Waals surface area contributed by atoms with E-state index in [1.165, 1.54) is 29.7 Å². The molecule has 0 fully saturated rings. The molecule has 0 bridgehead atoms. The molecule has 0 aliphatic carbocycles. The predicted octanol–water partition coefficient (Wildman–Crippen LogP) is 2.82. The standard InChI is InChI=1S/C20H24N4O5S/c1-4-5-8-23-19(28)17(18(27)21-20(23)30)13-10-14(24(22-13)11(2)25)12-6-7-16(29-3)15(26)9-12/h6-7,9,14,26,28H,4-5,8,10H2,1-3H3,(H,21,27,30)/t14-/m0/s1. The zero-order valence-corrected chi connectivity index (χ0v) is 17.8. The fraction of sp³-hybridized carbons (Fsp3) is 0.400. The maximum atomic E-state index is 12.6. The normalized spacial score (nSPS) is 15.9. The lowest BCUT2D eigenvalue weighted by Gasteiger charge is -2.21. The second-order valence-electron chi connectivity index (χ2n) is 7.02. The molecule has 1 aliphatic heterocycles. The number of aromatic nitrogens is 2. The topological polar surface area (TPSA) is 120 Å². The minimum atomic E-state index is -0.564. The minimum absolute atomic E-state index is 0.00816. The highest BCUT2D eigenvalue weighted by molar-refractivity contribution is 7.71. The van der Waals surface area contributed by atoms with Crippen molar-refractivity contribution < 1.29 is 19.7 Å². The van der Waals surface area contributed by atoms with E-state index in [4.69, 9.17) is 17.0 Å². The van der Waals surface area contributed by atoms with Crippen LogP contribution in [0.1, 0.15) is 50.3 Å². The SMILES string of the molecule is CCCCn1c(O)c(C2=NN(C(C)=O)[C@H](c3ccc(OC)c(O)c3)C2)c(=O)[nH]c1=S. The molecule has 1 aliphatic rings. The molecule has 9 nitrogen and oxygen atoms in total. The summed E-state index contributed by atoms with van der Waals surface area (Å²) in [5.41, 5.74) is 0.318. The number of hydrogen-bond acceptors (Lipinski definition) is 7. The van der Waals surface area contributed by atoms with E-state index >= 15 is 0 Å². The maximum Gasteiger partial charge on any atom is 0.264 e. The van der Waals surface area contributed by atoms with Gasteiger partial charge in [0.25, 0.3) is 5.56 Å². The quantitative estimate of drug-likeness (QED) is 0.604. The Bertz CT molecular complexity index is 1120. The van der Waals surface area contributed by atoms with E-state index in [1.807, 2.05) is 6.92 Å². The Kier molecular flexibility index (Phi) is 6.25. The van der Waals surface area contributed by atoms with Crippen molar-refractivity contribution in [2.45, 2.75) is 45.7 Å². The van der Waals surface area contributed by atoms with Gasteiger partial charge in [0.1, 0.15) is 5.56 Å². The van der Waals surface area contributed by atoms with Gasteiger partial charge in [-0.3, -0.25) is 19.1 Å². The fourth-order valence-corrected chi connectivity index (χ4v) is 3.74. The summed E-state index contributed by atoms with van der Waals surface area (Å²) in [6, 6.07) is 4.27. The summed E-state index contributed by atoms with van der Waals surface area (Å²) in [7, 11) is 1.44. The van der Waals surface area contributed by atoms with Crippen LogP contribution in [-0.4, -0.2) is 43.5 Å². The molecule has 160 valence electrons. The second kappa shape index (κ2) is 8.70. The number of rotatable bonds is 6. The van der Waals surface area contributed by atoms with Crippen LogP contribution in [0.25, 0.3) is 0 Å². The lowest BCUT2D eigenvalue weighted by molar-refractivity contribution is -0.130. The Morgan fingerprint density at radius 2 is 2.13 bits per heavy atom. The average Bonchev–Trinajstić information content (AvgIpc) is 3.12. The van der Waals surface area contributed by atoms with Crippen molar-refractivity contribution in [3.8, 4) is 17.4 Å². The molecule has 0 saturated heterocycles. The Balaban J connectivity index is 2.05. The lowest BCUT2D eigenvalue weighted by atomic mass is 9.98. The number of hydrazone groups is 1. The van der Waals surface area contributed by atoms with Gasteiger partial charge in [-0.2, -0.15) is 5.10 Å². The first kappa shape index (κ1) is 21.6. The highest BCUT2D eigenvalue weighted by Crippen LogP contribution is 2.37. The Morgan fingerprint density at radius 1 is 1.40 bits per heavy atom. The van der Waals surface area contributed by atoms with Crippen LogP contribution in [0.4, 0.5) is 0 Å². The number of amides is 1. The van der Waals surface area contributed by atoms with E-state index in [1.54, 1.807) is 12.1 Å². The number of phenols is 1. The smallest absolute Gasteiger partial charge is 0.264 e. The highest BCUT2D eigenvalue weighted by atomic mass is 32.1. The molecular weight excluding hydrogens is 408 g/mol. The molecule has 1 aromatic heterocycles. The van der Waals surface area contributed by atoms with Crippen LogP contribution in [0.3, 0.4) is 0 Å². The first-order chi connectivity index (χ1) is 14.3. The zero-order chi connectivity index (χ0) is 22.0. The third-order valence-corrected chi connectivity index (χ3v) is 5.34. The van der Waals surface area contributed by atoms with Crippen molar-refractivity contribution in [2.24, 2.45) is 5.10 Å². The number of H-pyrrole nitrogens is 1. The summed E-state index contributed by atoms with van der Waals surface area (Å²) in [5, 5.41) is 26.5. The van der Waals surface area contributed by atoms with Gasteiger partial charge in [0.15, 0.2) is 16.3 Å². The average molecular weight is 433 g/mol. The van der Waals surface area contributed by atoms with Gasteiger partial charge < -0.3 is 14.9 Å². The van der Waals surface area contributed by atoms with Crippen LogP contribution in [0.2, 0.25) is 0 Å². The van der Waals surface area contributed by atoms with Crippen molar-refractivity contribution in [1.29, 1.82) is 0 Å². The number of nitrogens with one attached hydrogen (secondary N) is 1. The number of carbonyl (C=O) groups excluding carboxylic acids is 1. The number of unbranched alkanes of at least 4 members (excludes halogenated alkanes) is 1. The van der Waals surface area contributed by atoms with E-state index < -0.39 is 11.6 Å². The highest BCUT2D eigenvalue weighted by Gasteiger charge is 2.34.